The minimum absolute atomic E-state index is 0.0711. The standard InChI is InChI=1S/C39H57N9O12S/c1-20(43-38(58)32(21(2)49)48-35(55)27(14-15-31(42)52)44-34(54)26(41)5-3-4-16-40)33(53)45-28(17-22-6-10-24(50)11-7-22)36(56)46-29(18-23-8-12-25(51)13-9-23)37(57)47-30(19-61)39(59)60/h6-13,20-21,26-30,32,49-51,61H,3-5,14-19,40-41H2,1-2H3,(H2,42,52)(H,43,58)(H,44,54)(H,45,53)(H,46,56)(H,47,57)(H,48,55)(H,59,60). The number of unbranched alkanes of at least 4 members (excludes halogenated alkanes) is 1. The quantitative estimate of drug-likeness (QED) is 0.0330. The fourth-order valence-corrected chi connectivity index (χ4v) is 5.93. The highest BCUT2D eigenvalue weighted by molar-refractivity contribution is 7.80. The molecule has 0 bridgehead atoms. The number of phenols is 2. The Morgan fingerprint density at radius 1 is 0.623 bits per heavy atom. The fraction of sp³-hybridized carbons (Fsp3) is 0.487. The molecule has 2 rings (SSSR count). The lowest BCUT2D eigenvalue weighted by atomic mass is 10.0. The van der Waals surface area contributed by atoms with Crippen molar-refractivity contribution in [2.75, 3.05) is 12.3 Å². The number of thiol groups is 1. The molecule has 21 nitrogen and oxygen atoms in total. The van der Waals surface area contributed by atoms with E-state index in [2.05, 4.69) is 44.5 Å². The predicted octanol–water partition coefficient (Wildman–Crippen LogP) is -3.07. The average molecular weight is 876 g/mol. The second-order valence-electron chi connectivity index (χ2n) is 14.4. The van der Waals surface area contributed by atoms with Gasteiger partial charge in [0.1, 0.15) is 47.8 Å². The van der Waals surface area contributed by atoms with E-state index in [9.17, 15) is 58.8 Å². The first-order valence-electron chi connectivity index (χ1n) is 19.4. The molecule has 8 atom stereocenters. The van der Waals surface area contributed by atoms with Crippen molar-refractivity contribution in [2.24, 2.45) is 17.2 Å². The Hall–Kier alpha value is -5.97. The summed E-state index contributed by atoms with van der Waals surface area (Å²) in [6.45, 7) is 2.81. The Bertz CT molecular complexity index is 1820. The zero-order valence-electron chi connectivity index (χ0n) is 33.8. The molecule has 0 fully saturated rings. The van der Waals surface area contributed by atoms with Crippen LogP contribution in [0.2, 0.25) is 0 Å². The lowest BCUT2D eigenvalue weighted by molar-refractivity contribution is -0.141. The highest BCUT2D eigenvalue weighted by atomic mass is 32.1. The Kier molecular flexibility index (Phi) is 21.5. The van der Waals surface area contributed by atoms with Gasteiger partial charge in [-0.1, -0.05) is 30.7 Å². The molecule has 0 aromatic heterocycles. The number of phenolic OH excluding ortho intramolecular Hbond substituents is 2. The van der Waals surface area contributed by atoms with Gasteiger partial charge in [0, 0.05) is 25.0 Å². The normalized spacial score (nSPS) is 14.9. The summed E-state index contributed by atoms with van der Waals surface area (Å²) < 4.78 is 0. The van der Waals surface area contributed by atoms with Gasteiger partial charge in [-0.25, -0.2) is 4.79 Å². The molecule has 0 saturated heterocycles. The Balaban J connectivity index is 2.31. The second kappa shape index (κ2) is 25.6. The average Bonchev–Trinajstić information content (AvgIpc) is 3.20. The maximum absolute atomic E-state index is 13.9. The van der Waals surface area contributed by atoms with Gasteiger partial charge in [0.15, 0.2) is 0 Å². The number of nitrogens with two attached hydrogens (primary N) is 3. The van der Waals surface area contributed by atoms with Crippen LogP contribution >= 0.6 is 12.6 Å². The number of amides is 7. The van der Waals surface area contributed by atoms with Gasteiger partial charge in [-0.15, -0.1) is 0 Å². The summed E-state index contributed by atoms with van der Waals surface area (Å²) >= 11 is 3.97. The first-order valence-corrected chi connectivity index (χ1v) is 20.0. The molecule has 336 valence electrons. The number of primary amides is 1. The molecule has 0 saturated carbocycles. The van der Waals surface area contributed by atoms with Gasteiger partial charge in [-0.05, 0) is 75.0 Å². The fourth-order valence-electron chi connectivity index (χ4n) is 5.68. The van der Waals surface area contributed by atoms with Crippen molar-refractivity contribution < 1.29 is 58.8 Å². The summed E-state index contributed by atoms with van der Waals surface area (Å²) in [7, 11) is 0. The van der Waals surface area contributed by atoms with Crippen molar-refractivity contribution in [1.29, 1.82) is 0 Å². The summed E-state index contributed by atoms with van der Waals surface area (Å²) in [6.07, 6.45) is -1.15. The van der Waals surface area contributed by atoms with E-state index in [0.29, 0.717) is 30.5 Å². The van der Waals surface area contributed by atoms with E-state index in [1.807, 2.05) is 0 Å². The van der Waals surface area contributed by atoms with Crippen LogP contribution in [0, 0.1) is 0 Å². The zero-order chi connectivity index (χ0) is 45.8. The number of carbonyl (C=O) groups excluding carboxylic acids is 7. The molecular formula is C39H57N9O12S. The Labute approximate surface area is 357 Å². The highest BCUT2D eigenvalue weighted by Crippen LogP contribution is 2.14. The molecule has 0 aliphatic rings. The number of carboxylic acid groups (broad SMARTS) is 1. The number of carboxylic acids is 1. The summed E-state index contributed by atoms with van der Waals surface area (Å²) in [5.74, 6) is -8.07. The van der Waals surface area contributed by atoms with Crippen LogP contribution in [0.25, 0.3) is 0 Å². The third kappa shape index (κ3) is 18.0. The Morgan fingerprint density at radius 3 is 1.52 bits per heavy atom. The smallest absolute Gasteiger partial charge is 0.327 e. The molecule has 0 spiro atoms. The number of rotatable bonds is 26. The molecule has 2 aromatic carbocycles. The lowest BCUT2D eigenvalue weighted by Gasteiger charge is -2.27. The van der Waals surface area contributed by atoms with Gasteiger partial charge in [0.2, 0.25) is 41.4 Å². The van der Waals surface area contributed by atoms with Crippen LogP contribution in [-0.4, -0.2) is 128 Å². The SMILES string of the molecule is CC(NC(=O)C(NC(=O)C(CCC(N)=O)NC(=O)C(N)CCCCN)C(C)O)C(=O)NC(Cc1ccc(O)cc1)C(=O)NC(Cc1ccc(O)cc1)C(=O)NC(CS)C(=O)O. The van der Waals surface area contributed by atoms with E-state index in [1.54, 1.807) is 0 Å². The van der Waals surface area contributed by atoms with Gasteiger partial charge < -0.3 is 69.5 Å². The molecule has 0 radical (unpaired) electrons. The van der Waals surface area contributed by atoms with Crippen molar-refractivity contribution >= 4 is 59.9 Å². The number of aliphatic hydroxyl groups excluding tert-OH is 1. The first-order chi connectivity index (χ1) is 28.7. The van der Waals surface area contributed by atoms with Crippen LogP contribution < -0.4 is 49.1 Å². The summed E-state index contributed by atoms with van der Waals surface area (Å²) in [5, 5.41) is 54.0. The maximum atomic E-state index is 13.9. The second-order valence-corrected chi connectivity index (χ2v) is 14.7. The van der Waals surface area contributed by atoms with Gasteiger partial charge in [0.05, 0.1) is 12.1 Å². The minimum Gasteiger partial charge on any atom is -0.508 e. The van der Waals surface area contributed by atoms with Crippen molar-refractivity contribution in [3.63, 3.8) is 0 Å². The third-order valence-electron chi connectivity index (χ3n) is 9.25. The van der Waals surface area contributed by atoms with E-state index in [1.165, 1.54) is 62.4 Å². The summed E-state index contributed by atoms with van der Waals surface area (Å²) in [5.41, 5.74) is 17.6. The van der Waals surface area contributed by atoms with Gasteiger partial charge in [-0.2, -0.15) is 12.6 Å². The number of aliphatic hydroxyl groups is 1. The monoisotopic (exact) mass is 875 g/mol. The van der Waals surface area contributed by atoms with Crippen LogP contribution in [0.5, 0.6) is 11.5 Å². The minimum atomic E-state index is -1.70. The van der Waals surface area contributed by atoms with E-state index in [-0.39, 0.29) is 49.4 Å². The summed E-state index contributed by atoms with van der Waals surface area (Å²) in [4.78, 5) is 104. The van der Waals surface area contributed by atoms with Crippen LogP contribution in [0.15, 0.2) is 48.5 Å². The van der Waals surface area contributed by atoms with Crippen LogP contribution in [0.3, 0.4) is 0 Å². The molecule has 0 heterocycles. The van der Waals surface area contributed by atoms with Crippen LogP contribution in [-0.2, 0) is 51.2 Å². The van der Waals surface area contributed by atoms with E-state index >= 15 is 0 Å². The van der Waals surface area contributed by atoms with Crippen LogP contribution in [0.4, 0.5) is 0 Å². The molecule has 22 heteroatoms. The predicted molar refractivity (Wildman–Crippen MR) is 223 cm³/mol. The zero-order valence-corrected chi connectivity index (χ0v) is 34.7. The van der Waals surface area contributed by atoms with Crippen molar-refractivity contribution in [3.8, 4) is 11.5 Å². The topological polar surface area (TPSA) is 368 Å². The Morgan fingerprint density at radius 2 is 1.08 bits per heavy atom. The lowest BCUT2D eigenvalue weighted by Crippen LogP contribution is -2.61. The maximum Gasteiger partial charge on any atom is 0.327 e. The largest absolute Gasteiger partial charge is 0.508 e. The van der Waals surface area contributed by atoms with Gasteiger partial charge >= 0.3 is 5.97 Å². The van der Waals surface area contributed by atoms with E-state index < -0.39 is 95.7 Å². The number of carbonyl (C=O) groups is 8. The first kappa shape index (κ1) is 51.2. The molecule has 2 aromatic rings. The van der Waals surface area contributed by atoms with Crippen LogP contribution in [0.1, 0.15) is 57.1 Å². The number of aliphatic carboxylic acids is 1. The number of benzene rings is 2. The van der Waals surface area contributed by atoms with Crippen molar-refractivity contribution in [3.05, 3.63) is 59.7 Å². The summed E-state index contributed by atoms with van der Waals surface area (Å²) in [6, 6.07) is 1.46. The third-order valence-corrected chi connectivity index (χ3v) is 9.61. The van der Waals surface area contributed by atoms with E-state index in [4.69, 9.17) is 17.2 Å². The molecular weight excluding hydrogens is 819 g/mol. The van der Waals surface area contributed by atoms with Crippen molar-refractivity contribution in [2.45, 2.75) is 107 Å². The highest BCUT2D eigenvalue weighted by Gasteiger charge is 2.34. The number of hydrogen-bond acceptors (Lipinski definition) is 14. The number of hydrogen-bond donors (Lipinski definition) is 14. The molecule has 61 heavy (non-hydrogen) atoms. The molecule has 7 amide bonds. The number of aromatic hydroxyl groups is 2. The molecule has 0 aliphatic carbocycles. The molecule has 0 aliphatic heterocycles. The van der Waals surface area contributed by atoms with Gasteiger partial charge in [0.25, 0.3) is 0 Å². The molecule has 16 N–H and O–H groups in total. The van der Waals surface area contributed by atoms with E-state index in [0.717, 1.165) is 0 Å². The molecule has 8 unspecified atom stereocenters. The number of nitrogens with one attached hydrogen (secondary N) is 6. The van der Waals surface area contributed by atoms with Crippen molar-refractivity contribution in [1.82, 2.24) is 31.9 Å². The van der Waals surface area contributed by atoms with Gasteiger partial charge in [-0.3, -0.25) is 33.6 Å².